The van der Waals surface area contributed by atoms with Crippen LogP contribution in [-0.4, -0.2) is 11.9 Å². The molecule has 1 aliphatic rings. The SMILES string of the molecule is C1=COCN1.c1cnoc1. The zero-order chi connectivity index (χ0) is 7.07. The number of nitrogens with zero attached hydrogens (tertiary/aromatic N) is 1. The Bertz CT molecular complexity index is 149. The van der Waals surface area contributed by atoms with Crippen molar-refractivity contribution >= 4 is 0 Å². The lowest BCUT2D eigenvalue weighted by molar-refractivity contribution is 0.267. The van der Waals surface area contributed by atoms with Crippen molar-refractivity contribution in [1.29, 1.82) is 0 Å². The van der Waals surface area contributed by atoms with E-state index in [1.807, 2.05) is 0 Å². The summed E-state index contributed by atoms with van der Waals surface area (Å²) in [5.74, 6) is 0. The number of hydrogen-bond donors (Lipinski definition) is 1. The Labute approximate surface area is 58.5 Å². The molecule has 0 saturated heterocycles. The summed E-state index contributed by atoms with van der Waals surface area (Å²) in [6.07, 6.45) is 6.49. The summed E-state index contributed by atoms with van der Waals surface area (Å²) in [5.41, 5.74) is 0. The third kappa shape index (κ3) is 2.76. The van der Waals surface area contributed by atoms with E-state index in [0.717, 1.165) is 0 Å². The monoisotopic (exact) mass is 140 g/mol. The Hall–Kier alpha value is -1.45. The van der Waals surface area contributed by atoms with Gasteiger partial charge in [0.25, 0.3) is 0 Å². The van der Waals surface area contributed by atoms with Crippen LogP contribution in [0.2, 0.25) is 0 Å². The molecule has 0 aliphatic carbocycles. The van der Waals surface area contributed by atoms with Crippen molar-refractivity contribution in [2.24, 2.45) is 0 Å². The minimum atomic E-state index is 0.639. The van der Waals surface area contributed by atoms with E-state index in [2.05, 4.69) is 19.7 Å². The fourth-order valence-corrected chi connectivity index (χ4v) is 0.416. The van der Waals surface area contributed by atoms with Gasteiger partial charge < -0.3 is 14.6 Å². The van der Waals surface area contributed by atoms with Crippen molar-refractivity contribution in [3.63, 3.8) is 0 Å². The third-order valence-corrected chi connectivity index (χ3v) is 0.796. The smallest absolute Gasteiger partial charge is 0.157 e. The fourth-order valence-electron chi connectivity index (χ4n) is 0.416. The van der Waals surface area contributed by atoms with Gasteiger partial charge in [-0.25, -0.2) is 0 Å². The molecular formula is C6H8N2O2. The summed E-state index contributed by atoms with van der Waals surface area (Å²) in [5, 5.41) is 6.17. The highest BCUT2D eigenvalue weighted by atomic mass is 16.5. The molecule has 0 amide bonds. The van der Waals surface area contributed by atoms with Crippen molar-refractivity contribution in [2.75, 3.05) is 6.73 Å². The lowest BCUT2D eigenvalue weighted by atomic mass is 10.8. The Kier molecular flexibility index (Phi) is 2.95. The van der Waals surface area contributed by atoms with Gasteiger partial charge in [0.2, 0.25) is 0 Å². The summed E-state index contributed by atoms with van der Waals surface area (Å²) in [6.45, 7) is 0.639. The summed E-state index contributed by atoms with van der Waals surface area (Å²) in [7, 11) is 0. The van der Waals surface area contributed by atoms with Gasteiger partial charge in [0.15, 0.2) is 6.73 Å². The molecule has 4 heteroatoms. The van der Waals surface area contributed by atoms with Crippen LogP contribution in [0.25, 0.3) is 0 Å². The standard InChI is InChI=1S/C3H5NO.C3H3NO/c1-2-5-3-4-1;1-2-4-5-3-1/h1-2,4H,3H2;1-3H. The highest BCUT2D eigenvalue weighted by molar-refractivity contribution is 4.73. The molecule has 2 heterocycles. The summed E-state index contributed by atoms with van der Waals surface area (Å²) < 4.78 is 8.99. The summed E-state index contributed by atoms with van der Waals surface area (Å²) in [6, 6.07) is 1.72. The second-order valence-corrected chi connectivity index (χ2v) is 1.51. The second-order valence-electron chi connectivity index (χ2n) is 1.51. The summed E-state index contributed by atoms with van der Waals surface area (Å²) in [4.78, 5) is 0. The molecule has 0 atom stereocenters. The van der Waals surface area contributed by atoms with Crippen LogP contribution in [0.3, 0.4) is 0 Å². The minimum Gasteiger partial charge on any atom is -0.479 e. The quantitative estimate of drug-likeness (QED) is 0.576. The number of aromatic nitrogens is 1. The van der Waals surface area contributed by atoms with Crippen LogP contribution in [0.15, 0.2) is 35.5 Å². The Morgan fingerprint density at radius 2 is 2.50 bits per heavy atom. The molecule has 0 bridgehead atoms. The van der Waals surface area contributed by atoms with E-state index < -0.39 is 0 Å². The molecular weight excluding hydrogens is 132 g/mol. The number of rotatable bonds is 0. The van der Waals surface area contributed by atoms with E-state index in [0.29, 0.717) is 6.73 Å². The molecule has 0 saturated carbocycles. The predicted molar refractivity (Wildman–Crippen MR) is 34.7 cm³/mol. The minimum absolute atomic E-state index is 0.639. The van der Waals surface area contributed by atoms with E-state index in [4.69, 9.17) is 0 Å². The molecule has 1 aromatic heterocycles. The molecule has 1 aromatic rings. The predicted octanol–water partition coefficient (Wildman–Crippen LogP) is 0.710. The first-order chi connectivity index (χ1) is 5.00. The molecule has 1 aliphatic heterocycles. The zero-order valence-electron chi connectivity index (χ0n) is 5.36. The molecule has 54 valence electrons. The highest BCUT2D eigenvalue weighted by Crippen LogP contribution is 1.78. The van der Waals surface area contributed by atoms with E-state index >= 15 is 0 Å². The van der Waals surface area contributed by atoms with Crippen LogP contribution >= 0.6 is 0 Å². The van der Waals surface area contributed by atoms with Crippen molar-refractivity contribution in [2.45, 2.75) is 0 Å². The fraction of sp³-hybridized carbons (Fsp3) is 0.167. The third-order valence-electron chi connectivity index (χ3n) is 0.796. The Morgan fingerprint density at radius 3 is 2.70 bits per heavy atom. The summed E-state index contributed by atoms with van der Waals surface area (Å²) >= 11 is 0. The number of ether oxygens (including phenoxy) is 1. The molecule has 1 N–H and O–H groups in total. The molecule has 10 heavy (non-hydrogen) atoms. The first-order valence-electron chi connectivity index (χ1n) is 2.84. The van der Waals surface area contributed by atoms with Crippen LogP contribution in [0.5, 0.6) is 0 Å². The lowest BCUT2D eigenvalue weighted by Gasteiger charge is -1.82. The molecule has 0 fully saturated rings. The zero-order valence-corrected chi connectivity index (χ0v) is 5.36. The van der Waals surface area contributed by atoms with E-state index in [1.165, 1.54) is 6.26 Å². The first kappa shape index (κ1) is 6.67. The van der Waals surface area contributed by atoms with Crippen LogP contribution in [0, 0.1) is 0 Å². The van der Waals surface area contributed by atoms with Gasteiger partial charge in [-0.05, 0) is 6.07 Å². The van der Waals surface area contributed by atoms with E-state index in [9.17, 15) is 0 Å². The number of nitrogens with one attached hydrogen (secondary N) is 1. The molecule has 0 aromatic carbocycles. The van der Waals surface area contributed by atoms with Gasteiger partial charge in [-0.15, -0.1) is 0 Å². The van der Waals surface area contributed by atoms with Crippen molar-refractivity contribution in [3.05, 3.63) is 31.0 Å². The maximum Gasteiger partial charge on any atom is 0.157 e. The van der Waals surface area contributed by atoms with Crippen LogP contribution < -0.4 is 5.32 Å². The largest absolute Gasteiger partial charge is 0.479 e. The van der Waals surface area contributed by atoms with Gasteiger partial charge >= 0.3 is 0 Å². The van der Waals surface area contributed by atoms with Gasteiger partial charge in [-0.3, -0.25) is 0 Å². The van der Waals surface area contributed by atoms with Gasteiger partial charge in [0.1, 0.15) is 12.5 Å². The average molecular weight is 140 g/mol. The van der Waals surface area contributed by atoms with Gasteiger partial charge in [0, 0.05) is 6.20 Å². The lowest BCUT2D eigenvalue weighted by Crippen LogP contribution is -1.98. The van der Waals surface area contributed by atoms with E-state index in [-0.39, 0.29) is 0 Å². The van der Waals surface area contributed by atoms with Gasteiger partial charge in [-0.2, -0.15) is 0 Å². The number of hydrogen-bond acceptors (Lipinski definition) is 4. The maximum absolute atomic E-state index is 4.65. The molecule has 2 rings (SSSR count). The van der Waals surface area contributed by atoms with Crippen LogP contribution in [0.1, 0.15) is 0 Å². The van der Waals surface area contributed by atoms with Crippen molar-refractivity contribution < 1.29 is 9.26 Å². The Morgan fingerprint density at radius 1 is 1.50 bits per heavy atom. The normalized spacial score (nSPS) is 12.8. The van der Waals surface area contributed by atoms with Crippen molar-refractivity contribution in [1.82, 2.24) is 10.5 Å². The van der Waals surface area contributed by atoms with E-state index in [1.54, 1.807) is 24.7 Å². The Balaban J connectivity index is 0.0000001000. The molecule has 0 spiro atoms. The van der Waals surface area contributed by atoms with Gasteiger partial charge in [-0.1, -0.05) is 5.16 Å². The maximum atomic E-state index is 4.65. The van der Waals surface area contributed by atoms with Crippen LogP contribution in [-0.2, 0) is 4.74 Å². The molecule has 0 radical (unpaired) electrons. The molecule has 0 unspecified atom stereocenters. The topological polar surface area (TPSA) is 47.3 Å². The molecule has 4 nitrogen and oxygen atoms in total. The van der Waals surface area contributed by atoms with Crippen LogP contribution in [0.4, 0.5) is 0 Å². The second kappa shape index (κ2) is 4.43. The first-order valence-corrected chi connectivity index (χ1v) is 2.84. The van der Waals surface area contributed by atoms with Gasteiger partial charge in [0.05, 0.1) is 6.20 Å². The average Bonchev–Trinajstić information content (AvgIpc) is 2.67. The van der Waals surface area contributed by atoms with Crippen molar-refractivity contribution in [3.8, 4) is 0 Å². The highest BCUT2D eigenvalue weighted by Gasteiger charge is 1.79.